The molecule has 156 valence electrons. The summed E-state index contributed by atoms with van der Waals surface area (Å²) in [5.74, 6) is -0.168. The van der Waals surface area contributed by atoms with E-state index in [0.29, 0.717) is 13.2 Å². The molecular formula is C24H28N4O2. The van der Waals surface area contributed by atoms with Gasteiger partial charge in [-0.2, -0.15) is 5.26 Å². The Balaban J connectivity index is 1.79. The topological polar surface area (TPSA) is 77.4 Å². The summed E-state index contributed by atoms with van der Waals surface area (Å²) in [5.41, 5.74) is 4.68. The average molecular weight is 405 g/mol. The Morgan fingerprint density at radius 1 is 1.17 bits per heavy atom. The van der Waals surface area contributed by atoms with Crippen LogP contribution in [0.5, 0.6) is 0 Å². The zero-order valence-corrected chi connectivity index (χ0v) is 17.7. The second-order valence-corrected chi connectivity index (χ2v) is 7.58. The fourth-order valence-electron chi connectivity index (χ4n) is 3.50. The van der Waals surface area contributed by atoms with Crippen molar-refractivity contribution in [1.29, 1.82) is 5.26 Å². The third-order valence-electron chi connectivity index (χ3n) is 5.16. The van der Waals surface area contributed by atoms with Crippen molar-refractivity contribution in [3.63, 3.8) is 0 Å². The van der Waals surface area contributed by atoms with Crippen LogP contribution in [0.1, 0.15) is 30.9 Å². The summed E-state index contributed by atoms with van der Waals surface area (Å²) >= 11 is 0. The maximum absolute atomic E-state index is 12.8. The van der Waals surface area contributed by atoms with Crippen LogP contribution in [0, 0.1) is 18.3 Å². The zero-order valence-electron chi connectivity index (χ0n) is 17.7. The van der Waals surface area contributed by atoms with Crippen LogP contribution in [0.4, 0.5) is 17.1 Å². The molecule has 0 atom stereocenters. The number of carbonyl (C=O) groups is 1. The van der Waals surface area contributed by atoms with Gasteiger partial charge >= 0.3 is 0 Å². The maximum atomic E-state index is 12.8. The van der Waals surface area contributed by atoms with Gasteiger partial charge in [-0.25, -0.2) is 0 Å². The number of aryl methyl sites for hydroxylation is 1. The molecule has 0 aliphatic carbocycles. The second-order valence-electron chi connectivity index (χ2n) is 7.58. The summed E-state index contributed by atoms with van der Waals surface area (Å²) < 4.78 is 5.43. The van der Waals surface area contributed by atoms with Gasteiger partial charge in [-0.3, -0.25) is 4.79 Å². The minimum atomic E-state index is -0.426. The van der Waals surface area contributed by atoms with Gasteiger partial charge < -0.3 is 20.3 Å². The molecule has 1 heterocycles. The number of ether oxygens (including phenoxy) is 1. The van der Waals surface area contributed by atoms with Crippen molar-refractivity contribution in [3.05, 3.63) is 65.4 Å². The lowest BCUT2D eigenvalue weighted by Gasteiger charge is -2.30. The van der Waals surface area contributed by atoms with Gasteiger partial charge in [0.1, 0.15) is 11.6 Å². The molecule has 1 saturated heterocycles. The van der Waals surface area contributed by atoms with Crippen molar-refractivity contribution >= 4 is 23.0 Å². The Morgan fingerprint density at radius 3 is 2.60 bits per heavy atom. The van der Waals surface area contributed by atoms with Crippen molar-refractivity contribution in [2.75, 3.05) is 41.8 Å². The fourth-order valence-corrected chi connectivity index (χ4v) is 3.50. The standard InChI is InChI=1S/C24H28N4O2/c1-17(2)20-8-6-7-18(3)23(20)27-24(29)19(15-25)16-26-21-9-4-5-10-22(21)28-11-13-30-14-12-28/h4-10,16-17,26H,11-14H2,1-3H3,(H,27,29)/b19-16-. The van der Waals surface area contributed by atoms with E-state index < -0.39 is 5.91 Å². The Labute approximate surface area is 178 Å². The number of nitrogens with one attached hydrogen (secondary N) is 2. The molecule has 0 spiro atoms. The van der Waals surface area contributed by atoms with Crippen LogP contribution >= 0.6 is 0 Å². The van der Waals surface area contributed by atoms with E-state index >= 15 is 0 Å². The first-order valence-electron chi connectivity index (χ1n) is 10.2. The zero-order chi connectivity index (χ0) is 21.5. The molecule has 6 nitrogen and oxygen atoms in total. The van der Waals surface area contributed by atoms with Crippen LogP contribution in [0.2, 0.25) is 0 Å². The highest BCUT2D eigenvalue weighted by Crippen LogP contribution is 2.28. The smallest absolute Gasteiger partial charge is 0.267 e. The normalized spacial score (nSPS) is 14.4. The lowest BCUT2D eigenvalue weighted by Crippen LogP contribution is -2.36. The lowest BCUT2D eigenvalue weighted by atomic mass is 9.98. The number of morpholine rings is 1. The molecule has 3 rings (SSSR count). The Morgan fingerprint density at radius 2 is 1.90 bits per heavy atom. The average Bonchev–Trinajstić information content (AvgIpc) is 2.76. The van der Waals surface area contributed by atoms with Gasteiger partial charge in [0.15, 0.2) is 0 Å². The Kier molecular flexibility index (Phi) is 7.10. The summed E-state index contributed by atoms with van der Waals surface area (Å²) in [4.78, 5) is 15.0. The highest BCUT2D eigenvalue weighted by atomic mass is 16.5. The van der Waals surface area contributed by atoms with Gasteiger partial charge in [-0.15, -0.1) is 0 Å². The van der Waals surface area contributed by atoms with E-state index in [2.05, 4.69) is 29.4 Å². The third kappa shape index (κ3) is 5.00. The van der Waals surface area contributed by atoms with E-state index in [1.807, 2.05) is 55.5 Å². The van der Waals surface area contributed by atoms with E-state index in [-0.39, 0.29) is 11.5 Å². The minimum absolute atomic E-state index is 0.0183. The highest BCUT2D eigenvalue weighted by molar-refractivity contribution is 6.07. The lowest BCUT2D eigenvalue weighted by molar-refractivity contribution is -0.112. The largest absolute Gasteiger partial charge is 0.378 e. The van der Waals surface area contributed by atoms with Crippen LogP contribution in [0.3, 0.4) is 0 Å². The predicted molar refractivity (Wildman–Crippen MR) is 121 cm³/mol. The van der Waals surface area contributed by atoms with Crippen molar-refractivity contribution in [2.24, 2.45) is 0 Å². The summed E-state index contributed by atoms with van der Waals surface area (Å²) in [6.07, 6.45) is 1.47. The second kappa shape index (κ2) is 9.95. The number of amides is 1. The van der Waals surface area contributed by atoms with Crippen LogP contribution in [0.25, 0.3) is 0 Å². The molecule has 2 aromatic rings. The van der Waals surface area contributed by atoms with E-state index in [1.165, 1.54) is 6.20 Å². The number of nitriles is 1. The molecule has 0 saturated carbocycles. The summed E-state index contributed by atoms with van der Waals surface area (Å²) in [5, 5.41) is 15.7. The van der Waals surface area contributed by atoms with Crippen LogP contribution in [0.15, 0.2) is 54.2 Å². The minimum Gasteiger partial charge on any atom is -0.378 e. The molecule has 30 heavy (non-hydrogen) atoms. The number of para-hydroxylation sites is 3. The first kappa shape index (κ1) is 21.4. The van der Waals surface area contributed by atoms with Crippen molar-refractivity contribution in [3.8, 4) is 6.07 Å². The van der Waals surface area contributed by atoms with E-state index in [1.54, 1.807) is 0 Å². The van der Waals surface area contributed by atoms with Gasteiger partial charge in [0.2, 0.25) is 0 Å². The summed E-state index contributed by atoms with van der Waals surface area (Å²) in [6.45, 7) is 9.09. The Bertz CT molecular complexity index is 969. The van der Waals surface area contributed by atoms with Crippen molar-refractivity contribution in [2.45, 2.75) is 26.7 Å². The van der Waals surface area contributed by atoms with Crippen LogP contribution in [-0.4, -0.2) is 32.2 Å². The van der Waals surface area contributed by atoms with Crippen molar-refractivity contribution in [1.82, 2.24) is 0 Å². The Hall–Kier alpha value is -3.30. The molecule has 0 unspecified atom stereocenters. The third-order valence-corrected chi connectivity index (χ3v) is 5.16. The highest BCUT2D eigenvalue weighted by Gasteiger charge is 2.17. The van der Waals surface area contributed by atoms with Gasteiger partial charge in [0, 0.05) is 25.0 Å². The van der Waals surface area contributed by atoms with Crippen LogP contribution < -0.4 is 15.5 Å². The number of hydrogen-bond acceptors (Lipinski definition) is 5. The molecule has 0 bridgehead atoms. The number of hydrogen-bond donors (Lipinski definition) is 2. The predicted octanol–water partition coefficient (Wildman–Crippen LogP) is 4.41. The molecule has 2 aromatic carbocycles. The van der Waals surface area contributed by atoms with Gasteiger partial charge in [-0.1, -0.05) is 44.2 Å². The first-order valence-corrected chi connectivity index (χ1v) is 10.2. The number of nitrogens with zero attached hydrogens (tertiary/aromatic N) is 2. The van der Waals surface area contributed by atoms with E-state index in [0.717, 1.165) is 41.3 Å². The number of anilines is 3. The molecular weight excluding hydrogens is 376 g/mol. The van der Waals surface area contributed by atoms with E-state index in [4.69, 9.17) is 4.74 Å². The molecule has 1 amide bonds. The summed E-state index contributed by atoms with van der Waals surface area (Å²) in [7, 11) is 0. The molecule has 2 N–H and O–H groups in total. The van der Waals surface area contributed by atoms with E-state index in [9.17, 15) is 10.1 Å². The molecule has 1 aliphatic heterocycles. The summed E-state index contributed by atoms with van der Waals surface area (Å²) in [6, 6.07) is 15.8. The molecule has 0 aromatic heterocycles. The SMILES string of the molecule is Cc1cccc(C(C)C)c1NC(=O)/C(C#N)=C\Nc1ccccc1N1CCOCC1. The van der Waals surface area contributed by atoms with Crippen LogP contribution in [-0.2, 0) is 9.53 Å². The molecule has 6 heteroatoms. The van der Waals surface area contributed by atoms with Gasteiger partial charge in [0.25, 0.3) is 5.91 Å². The monoisotopic (exact) mass is 404 g/mol. The fraction of sp³-hybridized carbons (Fsp3) is 0.333. The number of benzene rings is 2. The first-order chi connectivity index (χ1) is 14.5. The van der Waals surface area contributed by atoms with Gasteiger partial charge in [0.05, 0.1) is 24.6 Å². The quantitative estimate of drug-likeness (QED) is 0.551. The maximum Gasteiger partial charge on any atom is 0.267 e. The van der Waals surface area contributed by atoms with Gasteiger partial charge in [-0.05, 0) is 36.1 Å². The molecule has 0 radical (unpaired) electrons. The van der Waals surface area contributed by atoms with Crippen molar-refractivity contribution < 1.29 is 9.53 Å². The number of rotatable bonds is 6. The molecule has 1 fully saturated rings. The molecule has 1 aliphatic rings. The number of carbonyl (C=O) groups excluding carboxylic acids is 1.